The highest BCUT2D eigenvalue weighted by Gasteiger charge is 2.11. The van der Waals surface area contributed by atoms with Gasteiger partial charge in [0.2, 0.25) is 5.91 Å². The predicted octanol–water partition coefficient (Wildman–Crippen LogP) is 2.97. The van der Waals surface area contributed by atoms with Gasteiger partial charge in [-0.25, -0.2) is 19.6 Å². The molecule has 0 saturated carbocycles. The van der Waals surface area contributed by atoms with E-state index in [0.717, 1.165) is 33.5 Å². The van der Waals surface area contributed by atoms with Crippen molar-refractivity contribution >= 4 is 23.4 Å². The van der Waals surface area contributed by atoms with Gasteiger partial charge in [-0.2, -0.15) is 5.10 Å². The van der Waals surface area contributed by atoms with E-state index < -0.39 is 0 Å². The van der Waals surface area contributed by atoms with Crippen LogP contribution >= 0.6 is 11.8 Å². The van der Waals surface area contributed by atoms with Gasteiger partial charge >= 0.3 is 0 Å². The number of hydrogen-bond acceptors (Lipinski definition) is 6. The molecule has 0 fully saturated rings. The molecule has 0 radical (unpaired) electrons. The Morgan fingerprint density at radius 1 is 1.15 bits per heavy atom. The first-order valence-corrected chi connectivity index (χ1v) is 9.42. The molecular formula is C18H20N6OS. The van der Waals surface area contributed by atoms with Crippen LogP contribution in [0.25, 0.3) is 5.69 Å². The lowest BCUT2D eigenvalue weighted by molar-refractivity contribution is -0.116. The zero-order valence-corrected chi connectivity index (χ0v) is 15.7. The summed E-state index contributed by atoms with van der Waals surface area (Å²) < 4.78 is 1.66. The summed E-state index contributed by atoms with van der Waals surface area (Å²) in [5.74, 6) is -0.0359. The maximum atomic E-state index is 12.3. The summed E-state index contributed by atoms with van der Waals surface area (Å²) in [5, 5.41) is 7.76. The molecule has 0 spiro atoms. The van der Waals surface area contributed by atoms with Gasteiger partial charge in [0.05, 0.1) is 5.69 Å². The van der Waals surface area contributed by atoms with Crippen LogP contribution in [-0.2, 0) is 11.2 Å². The maximum absolute atomic E-state index is 12.3. The Labute approximate surface area is 156 Å². The number of aryl methyl sites for hydroxylation is 2. The molecule has 3 aromatic rings. The van der Waals surface area contributed by atoms with Gasteiger partial charge in [0, 0.05) is 23.5 Å². The first kappa shape index (κ1) is 18.1. The van der Waals surface area contributed by atoms with Crippen LogP contribution in [0.15, 0.2) is 42.1 Å². The van der Waals surface area contributed by atoms with E-state index in [9.17, 15) is 4.79 Å². The summed E-state index contributed by atoms with van der Waals surface area (Å²) in [6, 6.07) is 7.46. The van der Waals surface area contributed by atoms with Gasteiger partial charge in [-0.1, -0.05) is 11.8 Å². The van der Waals surface area contributed by atoms with Gasteiger partial charge in [0.1, 0.15) is 12.7 Å². The number of thioether (sulfide) groups is 1. The van der Waals surface area contributed by atoms with Crippen LogP contribution in [0, 0.1) is 13.8 Å². The summed E-state index contributed by atoms with van der Waals surface area (Å²) in [5.41, 5.74) is 4.55. The number of anilines is 1. The Hall–Kier alpha value is -2.74. The molecule has 0 saturated heterocycles. The van der Waals surface area contributed by atoms with E-state index in [1.54, 1.807) is 11.0 Å². The number of aromatic nitrogens is 5. The highest BCUT2D eigenvalue weighted by molar-refractivity contribution is 7.98. The number of nitrogens with one attached hydrogen (secondary N) is 1. The normalized spacial score (nSPS) is 10.7. The molecule has 3 rings (SSSR count). The molecule has 2 heterocycles. The highest BCUT2D eigenvalue weighted by Crippen LogP contribution is 2.18. The van der Waals surface area contributed by atoms with Gasteiger partial charge in [-0.05, 0) is 56.4 Å². The number of amides is 1. The van der Waals surface area contributed by atoms with Crippen LogP contribution in [0.4, 0.5) is 5.69 Å². The highest BCUT2D eigenvalue weighted by atomic mass is 32.2. The molecule has 134 valence electrons. The molecule has 0 atom stereocenters. The third-order valence-corrected chi connectivity index (χ3v) is 4.57. The quantitative estimate of drug-likeness (QED) is 0.532. The molecule has 1 N–H and O–H groups in total. The van der Waals surface area contributed by atoms with Crippen LogP contribution in [0.2, 0.25) is 0 Å². The zero-order chi connectivity index (χ0) is 18.5. The Balaban J connectivity index is 1.59. The predicted molar refractivity (Wildman–Crippen MR) is 102 cm³/mol. The molecular weight excluding hydrogens is 348 g/mol. The minimum atomic E-state index is -0.0359. The molecule has 7 nitrogen and oxygen atoms in total. The molecule has 1 aromatic carbocycles. The summed E-state index contributed by atoms with van der Waals surface area (Å²) >= 11 is 1.52. The fraction of sp³-hybridized carbons (Fsp3) is 0.278. The summed E-state index contributed by atoms with van der Waals surface area (Å²) in [6.07, 6.45) is 6.07. The first-order valence-electron chi connectivity index (χ1n) is 8.20. The molecule has 0 bridgehead atoms. The average molecular weight is 368 g/mol. The fourth-order valence-electron chi connectivity index (χ4n) is 2.66. The smallest absolute Gasteiger partial charge is 0.224 e. The van der Waals surface area contributed by atoms with E-state index in [1.807, 2.05) is 44.4 Å². The van der Waals surface area contributed by atoms with Crippen molar-refractivity contribution in [2.75, 3.05) is 11.6 Å². The van der Waals surface area contributed by atoms with E-state index in [2.05, 4.69) is 25.4 Å². The fourth-order valence-corrected chi connectivity index (χ4v) is 3.12. The molecule has 0 unspecified atom stereocenters. The van der Waals surface area contributed by atoms with Gasteiger partial charge in [-0.3, -0.25) is 4.79 Å². The van der Waals surface area contributed by atoms with Crippen molar-refractivity contribution < 1.29 is 4.79 Å². The van der Waals surface area contributed by atoms with Crippen LogP contribution in [-0.4, -0.2) is 36.9 Å². The van der Waals surface area contributed by atoms with Gasteiger partial charge in [0.25, 0.3) is 0 Å². The topological polar surface area (TPSA) is 85.6 Å². The largest absolute Gasteiger partial charge is 0.326 e. The second-order valence-corrected chi connectivity index (χ2v) is 6.57. The Bertz CT molecular complexity index is 870. The van der Waals surface area contributed by atoms with Crippen molar-refractivity contribution in [1.82, 2.24) is 24.7 Å². The lowest BCUT2D eigenvalue weighted by Crippen LogP contribution is -2.13. The third kappa shape index (κ3) is 4.26. The van der Waals surface area contributed by atoms with E-state index in [1.165, 1.54) is 18.1 Å². The number of nitrogens with zero attached hydrogens (tertiary/aromatic N) is 5. The molecule has 0 aliphatic carbocycles. The van der Waals surface area contributed by atoms with Crippen molar-refractivity contribution in [2.45, 2.75) is 31.8 Å². The average Bonchev–Trinajstić information content (AvgIpc) is 3.16. The standard InChI is InChI=1S/C18H20N6OS/c1-12-16(13(2)22-18(21-12)26-3)8-9-17(25)23-14-4-6-15(7-5-14)24-11-19-10-20-24/h4-7,10-11H,8-9H2,1-3H3,(H,23,25). The second-order valence-electron chi connectivity index (χ2n) is 5.79. The van der Waals surface area contributed by atoms with E-state index in [-0.39, 0.29) is 5.91 Å². The molecule has 0 aliphatic rings. The van der Waals surface area contributed by atoms with Crippen molar-refractivity contribution in [3.8, 4) is 5.69 Å². The number of hydrogen-bond donors (Lipinski definition) is 1. The van der Waals surface area contributed by atoms with Gasteiger partial charge in [-0.15, -0.1) is 0 Å². The van der Waals surface area contributed by atoms with Crippen LogP contribution in [0.3, 0.4) is 0 Å². The zero-order valence-electron chi connectivity index (χ0n) is 14.9. The summed E-state index contributed by atoms with van der Waals surface area (Å²) in [6.45, 7) is 3.93. The second kappa shape index (κ2) is 8.09. The van der Waals surface area contributed by atoms with Crippen molar-refractivity contribution in [2.24, 2.45) is 0 Å². The van der Waals surface area contributed by atoms with E-state index in [4.69, 9.17) is 0 Å². The Kier molecular flexibility index (Phi) is 5.62. The Morgan fingerprint density at radius 3 is 2.42 bits per heavy atom. The summed E-state index contributed by atoms with van der Waals surface area (Å²) in [4.78, 5) is 25.1. The minimum absolute atomic E-state index is 0.0359. The van der Waals surface area contributed by atoms with E-state index >= 15 is 0 Å². The SMILES string of the molecule is CSc1nc(C)c(CCC(=O)Nc2ccc(-n3cncn3)cc2)c(C)n1. The molecule has 2 aromatic heterocycles. The van der Waals surface area contributed by atoms with Crippen molar-refractivity contribution in [3.05, 3.63) is 53.9 Å². The monoisotopic (exact) mass is 368 g/mol. The number of rotatable bonds is 6. The van der Waals surface area contributed by atoms with Crippen molar-refractivity contribution in [3.63, 3.8) is 0 Å². The van der Waals surface area contributed by atoms with Crippen molar-refractivity contribution in [1.29, 1.82) is 0 Å². The summed E-state index contributed by atoms with van der Waals surface area (Å²) in [7, 11) is 0. The molecule has 8 heteroatoms. The third-order valence-electron chi connectivity index (χ3n) is 4.02. The van der Waals surface area contributed by atoms with Crippen LogP contribution in [0.5, 0.6) is 0 Å². The van der Waals surface area contributed by atoms with Gasteiger partial charge in [0.15, 0.2) is 5.16 Å². The minimum Gasteiger partial charge on any atom is -0.326 e. The first-order chi connectivity index (χ1) is 12.6. The van der Waals surface area contributed by atoms with E-state index in [0.29, 0.717) is 12.8 Å². The van der Waals surface area contributed by atoms with Gasteiger partial charge < -0.3 is 5.32 Å². The Morgan fingerprint density at radius 2 is 1.85 bits per heavy atom. The number of benzene rings is 1. The number of carbonyl (C=O) groups is 1. The molecule has 26 heavy (non-hydrogen) atoms. The number of carbonyl (C=O) groups excluding carboxylic acids is 1. The molecule has 0 aliphatic heterocycles. The maximum Gasteiger partial charge on any atom is 0.224 e. The lowest BCUT2D eigenvalue weighted by Gasteiger charge is -2.10. The van der Waals surface area contributed by atoms with Crippen LogP contribution < -0.4 is 5.32 Å². The molecule has 1 amide bonds. The van der Waals surface area contributed by atoms with Crippen LogP contribution in [0.1, 0.15) is 23.4 Å². The lowest BCUT2D eigenvalue weighted by atomic mass is 10.1.